The van der Waals surface area contributed by atoms with Gasteiger partial charge in [-0.15, -0.1) is 0 Å². The van der Waals surface area contributed by atoms with Crippen LogP contribution in [0.2, 0.25) is 5.02 Å². The molecular formula is C26H20ClN3O3. The van der Waals surface area contributed by atoms with Crippen molar-refractivity contribution in [3.8, 4) is 0 Å². The fourth-order valence-electron chi connectivity index (χ4n) is 3.95. The van der Waals surface area contributed by atoms with Crippen LogP contribution in [0.15, 0.2) is 82.0 Å². The molecule has 0 aliphatic heterocycles. The molecule has 0 unspecified atom stereocenters. The number of aryl methyl sites for hydroxylation is 1. The fourth-order valence-corrected chi connectivity index (χ4v) is 4.16. The number of para-hydroxylation sites is 2. The summed E-state index contributed by atoms with van der Waals surface area (Å²) < 4.78 is 5.93. The van der Waals surface area contributed by atoms with Gasteiger partial charge in [-0.3, -0.25) is 9.59 Å². The Hall–Kier alpha value is -3.90. The van der Waals surface area contributed by atoms with E-state index in [9.17, 15) is 9.59 Å². The number of halogens is 1. The highest BCUT2D eigenvalue weighted by molar-refractivity contribution is 6.35. The summed E-state index contributed by atoms with van der Waals surface area (Å²) in [5.74, 6) is 0.311. The molecule has 0 saturated heterocycles. The number of furan rings is 1. The van der Waals surface area contributed by atoms with Crippen molar-refractivity contribution in [2.45, 2.75) is 20.0 Å². The first-order valence-corrected chi connectivity index (χ1v) is 10.9. The van der Waals surface area contributed by atoms with Crippen LogP contribution in [0.5, 0.6) is 0 Å². The average Bonchev–Trinajstić information content (AvgIpc) is 3.17. The zero-order chi connectivity index (χ0) is 22.9. The van der Waals surface area contributed by atoms with Gasteiger partial charge >= 0.3 is 0 Å². The second-order valence-corrected chi connectivity index (χ2v) is 8.26. The average molecular weight is 458 g/mol. The van der Waals surface area contributed by atoms with Gasteiger partial charge in [0.25, 0.3) is 11.5 Å². The number of benzene rings is 3. The van der Waals surface area contributed by atoms with Gasteiger partial charge in [0.05, 0.1) is 22.5 Å². The van der Waals surface area contributed by atoms with Gasteiger partial charge in [0.15, 0.2) is 11.3 Å². The Labute approximate surface area is 194 Å². The molecule has 0 fully saturated rings. The number of hydrogen-bond donors (Lipinski definition) is 1. The molecule has 0 atom stereocenters. The number of nitrogens with one attached hydrogen (secondary N) is 1. The Balaban J connectivity index is 1.56. The fraction of sp³-hybridized carbons (Fsp3) is 0.115. The van der Waals surface area contributed by atoms with E-state index in [0.717, 1.165) is 16.5 Å². The van der Waals surface area contributed by atoms with Crippen LogP contribution in [0.3, 0.4) is 0 Å². The van der Waals surface area contributed by atoms with E-state index in [1.54, 1.807) is 29.2 Å². The van der Waals surface area contributed by atoms with E-state index in [4.69, 9.17) is 16.0 Å². The Morgan fingerprint density at radius 3 is 2.48 bits per heavy atom. The molecule has 2 aromatic heterocycles. The minimum atomic E-state index is -0.306. The van der Waals surface area contributed by atoms with E-state index >= 15 is 0 Å². The molecule has 0 radical (unpaired) electrons. The molecular weight excluding hydrogens is 438 g/mol. The topological polar surface area (TPSA) is 79.2 Å². The monoisotopic (exact) mass is 457 g/mol. The summed E-state index contributed by atoms with van der Waals surface area (Å²) in [6, 6.07) is 22.2. The van der Waals surface area contributed by atoms with Gasteiger partial charge in [0.2, 0.25) is 0 Å². The van der Waals surface area contributed by atoms with Crippen molar-refractivity contribution in [2.75, 3.05) is 0 Å². The number of nitrogens with zero attached hydrogens (tertiary/aromatic N) is 2. The molecule has 6 nitrogen and oxygen atoms in total. The van der Waals surface area contributed by atoms with Crippen molar-refractivity contribution in [3.05, 3.63) is 111 Å². The van der Waals surface area contributed by atoms with Crippen molar-refractivity contribution in [3.63, 3.8) is 0 Å². The molecule has 0 bridgehead atoms. The van der Waals surface area contributed by atoms with E-state index in [2.05, 4.69) is 9.97 Å². The zero-order valence-electron chi connectivity index (χ0n) is 17.8. The van der Waals surface area contributed by atoms with Crippen LogP contribution in [-0.2, 0) is 13.1 Å². The standard InChI is InChI=1S/C26H20ClN3O3/c1-16-18-11-7-12-20(27)24(18)33-23(16)26(32)30(14-17-8-3-2-4-9-17)15-22-28-21-13-6-5-10-19(21)25(31)29-22/h2-13H,14-15H2,1H3,(H,28,29,31). The van der Waals surface area contributed by atoms with Crippen LogP contribution in [0.1, 0.15) is 27.5 Å². The molecule has 0 saturated carbocycles. The van der Waals surface area contributed by atoms with Gasteiger partial charge in [-0.25, -0.2) is 4.98 Å². The molecule has 5 rings (SSSR count). The molecule has 3 aromatic carbocycles. The summed E-state index contributed by atoms with van der Waals surface area (Å²) in [4.78, 5) is 35.2. The van der Waals surface area contributed by atoms with E-state index in [-0.39, 0.29) is 23.8 Å². The van der Waals surface area contributed by atoms with Crippen LogP contribution in [0.4, 0.5) is 0 Å². The third kappa shape index (κ3) is 4.01. The lowest BCUT2D eigenvalue weighted by Gasteiger charge is -2.22. The van der Waals surface area contributed by atoms with E-state index in [0.29, 0.717) is 33.9 Å². The second kappa shape index (κ2) is 8.56. The summed E-state index contributed by atoms with van der Waals surface area (Å²) in [6.07, 6.45) is 0. The summed E-state index contributed by atoms with van der Waals surface area (Å²) >= 11 is 6.29. The predicted molar refractivity (Wildman–Crippen MR) is 128 cm³/mol. The third-order valence-electron chi connectivity index (χ3n) is 5.62. The van der Waals surface area contributed by atoms with Crippen LogP contribution < -0.4 is 5.56 Å². The van der Waals surface area contributed by atoms with Gasteiger partial charge < -0.3 is 14.3 Å². The van der Waals surface area contributed by atoms with Crippen LogP contribution in [0.25, 0.3) is 21.9 Å². The number of carbonyl (C=O) groups is 1. The van der Waals surface area contributed by atoms with E-state index in [1.807, 2.05) is 55.5 Å². The van der Waals surface area contributed by atoms with Crippen molar-refractivity contribution >= 4 is 39.4 Å². The lowest BCUT2D eigenvalue weighted by atomic mass is 10.1. The highest BCUT2D eigenvalue weighted by Crippen LogP contribution is 2.31. The number of aromatic amines is 1. The number of hydrogen-bond acceptors (Lipinski definition) is 4. The van der Waals surface area contributed by atoms with E-state index in [1.165, 1.54) is 0 Å². The number of aromatic nitrogens is 2. The first-order valence-electron chi connectivity index (χ1n) is 10.5. The first kappa shape index (κ1) is 21.0. The van der Waals surface area contributed by atoms with Crippen LogP contribution in [-0.4, -0.2) is 20.8 Å². The Morgan fingerprint density at radius 2 is 1.70 bits per heavy atom. The maximum absolute atomic E-state index is 13.7. The molecule has 0 aliphatic rings. The normalized spacial score (nSPS) is 11.2. The molecule has 164 valence electrons. The van der Waals surface area contributed by atoms with Crippen molar-refractivity contribution < 1.29 is 9.21 Å². The van der Waals surface area contributed by atoms with Crippen LogP contribution >= 0.6 is 11.6 Å². The van der Waals surface area contributed by atoms with Gasteiger partial charge in [0, 0.05) is 17.5 Å². The second-order valence-electron chi connectivity index (χ2n) is 7.85. The van der Waals surface area contributed by atoms with Crippen LogP contribution in [0, 0.1) is 6.92 Å². The minimum Gasteiger partial charge on any atom is -0.449 e. The highest BCUT2D eigenvalue weighted by atomic mass is 35.5. The van der Waals surface area contributed by atoms with Crippen molar-refractivity contribution in [2.24, 2.45) is 0 Å². The Morgan fingerprint density at radius 1 is 0.970 bits per heavy atom. The Bertz CT molecular complexity index is 1540. The Kier molecular flexibility index (Phi) is 5.44. The largest absolute Gasteiger partial charge is 0.449 e. The van der Waals surface area contributed by atoms with Gasteiger partial charge in [-0.1, -0.05) is 66.2 Å². The maximum Gasteiger partial charge on any atom is 0.290 e. The summed E-state index contributed by atoms with van der Waals surface area (Å²) in [5.41, 5.74) is 2.48. The molecule has 5 aromatic rings. The van der Waals surface area contributed by atoms with Gasteiger partial charge in [-0.2, -0.15) is 0 Å². The minimum absolute atomic E-state index is 0.109. The van der Waals surface area contributed by atoms with E-state index < -0.39 is 0 Å². The SMILES string of the molecule is Cc1c(C(=O)N(Cc2ccccc2)Cc2nc3ccccc3c(=O)[nH]2)oc2c(Cl)cccc12. The molecule has 2 heterocycles. The summed E-state index contributed by atoms with van der Waals surface area (Å²) in [7, 11) is 0. The van der Waals surface area contributed by atoms with Gasteiger partial charge in [-0.05, 0) is 30.7 Å². The molecule has 7 heteroatoms. The van der Waals surface area contributed by atoms with Crippen molar-refractivity contribution in [1.29, 1.82) is 0 Å². The molecule has 1 amide bonds. The lowest BCUT2D eigenvalue weighted by Crippen LogP contribution is -2.32. The zero-order valence-corrected chi connectivity index (χ0v) is 18.6. The predicted octanol–water partition coefficient (Wildman–Crippen LogP) is 5.47. The number of H-pyrrole nitrogens is 1. The molecule has 0 spiro atoms. The molecule has 1 N–H and O–H groups in total. The summed E-state index contributed by atoms with van der Waals surface area (Å²) in [5, 5.41) is 1.75. The van der Waals surface area contributed by atoms with Crippen molar-refractivity contribution in [1.82, 2.24) is 14.9 Å². The first-order chi connectivity index (χ1) is 16.0. The third-order valence-corrected chi connectivity index (χ3v) is 5.91. The maximum atomic E-state index is 13.7. The molecule has 33 heavy (non-hydrogen) atoms. The lowest BCUT2D eigenvalue weighted by molar-refractivity contribution is 0.0694. The summed E-state index contributed by atoms with van der Waals surface area (Å²) in [6.45, 7) is 2.27. The van der Waals surface area contributed by atoms with Gasteiger partial charge in [0.1, 0.15) is 5.82 Å². The molecule has 0 aliphatic carbocycles. The number of fused-ring (bicyclic) bond motifs is 2. The number of amides is 1. The smallest absolute Gasteiger partial charge is 0.290 e. The highest BCUT2D eigenvalue weighted by Gasteiger charge is 2.25. The number of carbonyl (C=O) groups excluding carboxylic acids is 1. The number of rotatable bonds is 5. The quantitative estimate of drug-likeness (QED) is 0.379.